The lowest BCUT2D eigenvalue weighted by atomic mass is 9.92. The van der Waals surface area contributed by atoms with Gasteiger partial charge in [0.15, 0.2) is 17.5 Å². The van der Waals surface area contributed by atoms with Gasteiger partial charge in [0.2, 0.25) is 0 Å². The molecule has 0 saturated carbocycles. The molecule has 0 saturated heterocycles. The van der Waals surface area contributed by atoms with Gasteiger partial charge in [-0.25, -0.2) is 15.0 Å². The van der Waals surface area contributed by atoms with Crippen molar-refractivity contribution in [2.45, 2.75) is 0 Å². The maximum Gasteiger partial charge on any atom is 0.164 e. The lowest BCUT2D eigenvalue weighted by Crippen LogP contribution is -2.02. The SMILES string of the molecule is C=C/C=C(\C=C)c1nc(/C=C/c2cccc(-c3cccc4c3oc3ccccc34)c2-c2cc3ccccc3o2)nc(-c2ccccc2)n1. The second-order valence-electron chi connectivity index (χ2n) is 11.3. The van der Waals surface area contributed by atoms with Crippen molar-refractivity contribution in [1.82, 2.24) is 15.0 Å². The summed E-state index contributed by atoms with van der Waals surface area (Å²) < 4.78 is 13.0. The lowest BCUT2D eigenvalue weighted by Gasteiger charge is -2.12. The molecule has 8 aromatic rings. The van der Waals surface area contributed by atoms with Gasteiger partial charge >= 0.3 is 0 Å². The smallest absolute Gasteiger partial charge is 0.164 e. The van der Waals surface area contributed by atoms with Crippen LogP contribution in [0.3, 0.4) is 0 Å². The topological polar surface area (TPSA) is 65.0 Å². The maximum absolute atomic E-state index is 6.52. The molecule has 5 nitrogen and oxygen atoms in total. The van der Waals surface area contributed by atoms with Crippen molar-refractivity contribution in [3.8, 4) is 33.8 Å². The summed E-state index contributed by atoms with van der Waals surface area (Å²) in [4.78, 5) is 14.4. The van der Waals surface area contributed by atoms with Gasteiger partial charge in [-0.2, -0.15) is 0 Å². The molecule has 3 heterocycles. The summed E-state index contributed by atoms with van der Waals surface area (Å²) in [5, 5.41) is 3.18. The summed E-state index contributed by atoms with van der Waals surface area (Å²) in [7, 11) is 0. The van der Waals surface area contributed by atoms with Crippen LogP contribution < -0.4 is 0 Å². The number of allylic oxidation sites excluding steroid dienone is 4. The van der Waals surface area contributed by atoms with E-state index in [0.717, 1.165) is 72.1 Å². The largest absolute Gasteiger partial charge is 0.456 e. The molecule has 0 bridgehead atoms. The van der Waals surface area contributed by atoms with Gasteiger partial charge in [-0.05, 0) is 35.4 Å². The molecule has 0 N–H and O–H groups in total. The first-order chi connectivity index (χ1) is 23.7. The molecule has 0 fully saturated rings. The summed E-state index contributed by atoms with van der Waals surface area (Å²) in [6, 6.07) is 40.7. The Hall–Kier alpha value is -6.59. The molecule has 0 aliphatic rings. The quantitative estimate of drug-likeness (QED) is 0.158. The van der Waals surface area contributed by atoms with Gasteiger partial charge in [0, 0.05) is 38.4 Å². The molecular formula is C43H29N3O2. The van der Waals surface area contributed by atoms with Gasteiger partial charge in [0.05, 0.1) is 0 Å². The zero-order valence-electron chi connectivity index (χ0n) is 26.0. The van der Waals surface area contributed by atoms with E-state index in [1.807, 2.05) is 85.0 Å². The minimum atomic E-state index is 0.510. The molecule has 0 spiro atoms. The molecule has 3 aromatic heterocycles. The summed E-state index contributed by atoms with van der Waals surface area (Å²) in [5.41, 5.74) is 7.99. The van der Waals surface area contributed by atoms with E-state index in [1.54, 1.807) is 12.2 Å². The number of fused-ring (bicyclic) bond motifs is 4. The van der Waals surface area contributed by atoms with Crippen molar-refractivity contribution < 1.29 is 8.83 Å². The number of benzene rings is 5. The van der Waals surface area contributed by atoms with Gasteiger partial charge in [-0.3, -0.25) is 0 Å². The Bertz CT molecular complexity index is 2520. The van der Waals surface area contributed by atoms with Gasteiger partial charge < -0.3 is 8.83 Å². The molecule has 228 valence electrons. The van der Waals surface area contributed by atoms with Gasteiger partial charge in [0.1, 0.15) is 22.5 Å². The maximum atomic E-state index is 6.52. The Labute approximate surface area is 277 Å². The first-order valence-electron chi connectivity index (χ1n) is 15.7. The Morgan fingerprint density at radius 3 is 2.21 bits per heavy atom. The monoisotopic (exact) mass is 619 g/mol. The fourth-order valence-corrected chi connectivity index (χ4v) is 6.11. The third-order valence-electron chi connectivity index (χ3n) is 8.34. The Kier molecular flexibility index (Phi) is 7.40. The molecule has 0 aliphatic carbocycles. The van der Waals surface area contributed by atoms with Crippen molar-refractivity contribution >= 4 is 50.6 Å². The highest BCUT2D eigenvalue weighted by Gasteiger charge is 2.20. The number of nitrogens with zero attached hydrogens (tertiary/aromatic N) is 3. The van der Waals surface area contributed by atoms with Gasteiger partial charge in [0.25, 0.3) is 0 Å². The molecule has 5 heteroatoms. The second-order valence-corrected chi connectivity index (χ2v) is 11.3. The van der Waals surface area contributed by atoms with E-state index in [4.69, 9.17) is 23.8 Å². The number of furan rings is 2. The molecule has 0 amide bonds. The first-order valence-corrected chi connectivity index (χ1v) is 15.7. The fourth-order valence-electron chi connectivity index (χ4n) is 6.11. The highest BCUT2D eigenvalue weighted by Crippen LogP contribution is 2.43. The molecule has 0 aliphatic heterocycles. The fraction of sp³-hybridized carbons (Fsp3) is 0. The first kappa shape index (κ1) is 28.9. The molecule has 5 aromatic carbocycles. The Balaban J connectivity index is 1.33. The van der Waals surface area contributed by atoms with Crippen molar-refractivity contribution in [2.75, 3.05) is 0 Å². The minimum absolute atomic E-state index is 0.510. The third kappa shape index (κ3) is 5.23. The number of rotatable bonds is 8. The number of aromatic nitrogens is 3. The number of hydrogen-bond donors (Lipinski definition) is 0. The van der Waals surface area contributed by atoms with Crippen LogP contribution in [0.2, 0.25) is 0 Å². The van der Waals surface area contributed by atoms with Crippen LogP contribution in [-0.2, 0) is 0 Å². The normalized spacial score (nSPS) is 12.0. The van der Waals surface area contributed by atoms with Crippen molar-refractivity contribution in [3.63, 3.8) is 0 Å². The highest BCUT2D eigenvalue weighted by molar-refractivity contribution is 6.11. The molecule has 8 rings (SSSR count). The molecular weight excluding hydrogens is 590 g/mol. The third-order valence-corrected chi connectivity index (χ3v) is 8.34. The van der Waals surface area contributed by atoms with Crippen molar-refractivity contribution in [1.29, 1.82) is 0 Å². The highest BCUT2D eigenvalue weighted by atomic mass is 16.3. The Morgan fingerprint density at radius 2 is 1.38 bits per heavy atom. The van der Waals surface area contributed by atoms with Crippen LogP contribution in [0.15, 0.2) is 162 Å². The van der Waals surface area contributed by atoms with Crippen molar-refractivity contribution in [3.05, 3.63) is 170 Å². The van der Waals surface area contributed by atoms with Crippen LogP contribution in [0.1, 0.15) is 17.2 Å². The number of hydrogen-bond acceptors (Lipinski definition) is 5. The molecule has 0 atom stereocenters. The van der Waals surface area contributed by atoms with Gasteiger partial charge in [-0.15, -0.1) is 0 Å². The van der Waals surface area contributed by atoms with Crippen LogP contribution in [-0.4, -0.2) is 15.0 Å². The van der Waals surface area contributed by atoms with E-state index in [0.29, 0.717) is 17.5 Å². The standard InChI is InChI=1S/C43H29N3O2/c1-3-14-28(4-2)42-44-39(45-43(46-42)30-15-6-5-7-16-30)26-25-29-18-12-20-33(40(29)38-27-31-17-8-10-23-36(31)47-38)35-22-13-21-34-32-19-9-11-24-37(32)48-41(34)35/h3-27H,1-2H2/b26-25+,28-14+. The van der Waals surface area contributed by atoms with Crippen LogP contribution >= 0.6 is 0 Å². The van der Waals surface area contributed by atoms with E-state index in [-0.39, 0.29) is 0 Å². The molecule has 0 radical (unpaired) electrons. The zero-order valence-corrected chi connectivity index (χ0v) is 26.0. The second kappa shape index (κ2) is 12.3. The summed E-state index contributed by atoms with van der Waals surface area (Å²) in [6.07, 6.45) is 9.21. The van der Waals surface area contributed by atoms with E-state index in [9.17, 15) is 0 Å². The van der Waals surface area contributed by atoms with E-state index in [1.165, 1.54) is 0 Å². The van der Waals surface area contributed by atoms with E-state index >= 15 is 0 Å². The minimum Gasteiger partial charge on any atom is -0.456 e. The van der Waals surface area contributed by atoms with Crippen LogP contribution in [0.5, 0.6) is 0 Å². The Morgan fingerprint density at radius 1 is 0.625 bits per heavy atom. The molecule has 48 heavy (non-hydrogen) atoms. The van der Waals surface area contributed by atoms with Crippen molar-refractivity contribution in [2.24, 2.45) is 0 Å². The number of para-hydroxylation sites is 3. The average Bonchev–Trinajstić information content (AvgIpc) is 3.75. The average molecular weight is 620 g/mol. The lowest BCUT2D eigenvalue weighted by molar-refractivity contribution is 0.631. The van der Waals surface area contributed by atoms with Crippen LogP contribution in [0.25, 0.3) is 84.5 Å². The summed E-state index contributed by atoms with van der Waals surface area (Å²) in [6.45, 7) is 7.81. The van der Waals surface area contributed by atoms with E-state index in [2.05, 4.69) is 67.8 Å². The van der Waals surface area contributed by atoms with E-state index < -0.39 is 0 Å². The van der Waals surface area contributed by atoms with Crippen LogP contribution in [0.4, 0.5) is 0 Å². The predicted octanol–water partition coefficient (Wildman–Crippen LogP) is 11.4. The zero-order chi connectivity index (χ0) is 32.5. The van der Waals surface area contributed by atoms with Gasteiger partial charge in [-0.1, -0.05) is 141 Å². The summed E-state index contributed by atoms with van der Waals surface area (Å²) >= 11 is 0. The summed E-state index contributed by atoms with van der Waals surface area (Å²) in [5.74, 6) is 2.35. The van der Waals surface area contributed by atoms with Crippen LogP contribution in [0, 0.1) is 0 Å². The molecule has 0 unspecified atom stereocenters. The predicted molar refractivity (Wildman–Crippen MR) is 197 cm³/mol.